The SMILES string of the molecule is CC(C)(C)OC(=O)N1CCCC(C(=O)N2CC[C@@]3(C)c4cccc(O)c4C[C@H]2C3(C)C)C1. The molecule has 2 saturated heterocycles. The van der Waals surface area contributed by atoms with Crippen molar-refractivity contribution in [2.75, 3.05) is 19.6 Å². The molecule has 3 atom stereocenters. The Hall–Kier alpha value is -2.24. The van der Waals surface area contributed by atoms with Crippen LogP contribution in [0.4, 0.5) is 4.79 Å². The van der Waals surface area contributed by atoms with Gasteiger partial charge in [0.15, 0.2) is 0 Å². The van der Waals surface area contributed by atoms with Crippen molar-refractivity contribution in [3.63, 3.8) is 0 Å². The van der Waals surface area contributed by atoms with Gasteiger partial charge in [-0.25, -0.2) is 4.79 Å². The molecule has 1 aromatic carbocycles. The van der Waals surface area contributed by atoms with E-state index in [1.807, 2.05) is 26.8 Å². The molecule has 32 heavy (non-hydrogen) atoms. The predicted octanol–water partition coefficient (Wildman–Crippen LogP) is 4.48. The van der Waals surface area contributed by atoms with E-state index in [-0.39, 0.29) is 34.8 Å². The molecular weight excluding hydrogens is 404 g/mol. The fourth-order valence-electron chi connectivity index (χ4n) is 6.10. The average molecular weight is 443 g/mol. The fraction of sp³-hybridized carbons (Fsp3) is 0.692. The van der Waals surface area contributed by atoms with Crippen molar-refractivity contribution in [2.45, 2.75) is 84.3 Å². The van der Waals surface area contributed by atoms with E-state index in [1.54, 1.807) is 11.0 Å². The number of phenols is 1. The van der Waals surface area contributed by atoms with Gasteiger partial charge in [-0.2, -0.15) is 0 Å². The summed E-state index contributed by atoms with van der Waals surface area (Å²) in [6.45, 7) is 14.1. The quantitative estimate of drug-likeness (QED) is 0.696. The molecule has 0 aromatic heterocycles. The van der Waals surface area contributed by atoms with Gasteiger partial charge in [0.1, 0.15) is 11.4 Å². The van der Waals surface area contributed by atoms with Crippen molar-refractivity contribution < 1.29 is 19.4 Å². The molecule has 0 saturated carbocycles. The zero-order chi connectivity index (χ0) is 23.5. The first-order valence-corrected chi connectivity index (χ1v) is 11.9. The molecule has 6 heteroatoms. The van der Waals surface area contributed by atoms with Gasteiger partial charge >= 0.3 is 6.09 Å². The Morgan fingerprint density at radius 1 is 1.16 bits per heavy atom. The molecule has 2 bridgehead atoms. The van der Waals surface area contributed by atoms with Gasteiger partial charge in [0, 0.05) is 31.1 Å². The highest BCUT2D eigenvalue weighted by atomic mass is 16.6. The lowest BCUT2D eigenvalue weighted by atomic mass is 9.51. The number of fused-ring (bicyclic) bond motifs is 4. The second-order valence-electron chi connectivity index (χ2n) is 11.6. The number of hydrogen-bond acceptors (Lipinski definition) is 4. The van der Waals surface area contributed by atoms with Gasteiger partial charge in [0.2, 0.25) is 5.91 Å². The molecule has 1 unspecified atom stereocenters. The lowest BCUT2D eigenvalue weighted by molar-refractivity contribution is -0.149. The summed E-state index contributed by atoms with van der Waals surface area (Å²) in [5.41, 5.74) is 1.43. The van der Waals surface area contributed by atoms with Crippen LogP contribution in [0.2, 0.25) is 0 Å². The fourth-order valence-corrected chi connectivity index (χ4v) is 6.10. The Morgan fingerprint density at radius 3 is 2.56 bits per heavy atom. The number of benzene rings is 1. The van der Waals surface area contributed by atoms with Gasteiger partial charge in [-0.05, 0) is 69.1 Å². The molecule has 4 rings (SSSR count). The van der Waals surface area contributed by atoms with Crippen LogP contribution in [0.1, 0.15) is 71.9 Å². The molecule has 2 aliphatic heterocycles. The summed E-state index contributed by atoms with van der Waals surface area (Å²) in [7, 11) is 0. The number of likely N-dealkylation sites (tertiary alicyclic amines) is 2. The summed E-state index contributed by atoms with van der Waals surface area (Å²) in [4.78, 5) is 30.1. The first kappa shape index (κ1) is 22.9. The van der Waals surface area contributed by atoms with Gasteiger partial charge in [-0.3, -0.25) is 4.79 Å². The third-order valence-electron chi connectivity index (χ3n) is 8.33. The van der Waals surface area contributed by atoms with Crippen molar-refractivity contribution in [2.24, 2.45) is 11.3 Å². The van der Waals surface area contributed by atoms with E-state index in [4.69, 9.17) is 4.74 Å². The molecule has 1 N–H and O–H groups in total. The number of aromatic hydroxyl groups is 1. The van der Waals surface area contributed by atoms with Crippen LogP contribution < -0.4 is 0 Å². The number of hydrogen-bond donors (Lipinski definition) is 1. The number of rotatable bonds is 1. The summed E-state index contributed by atoms with van der Waals surface area (Å²) >= 11 is 0. The van der Waals surface area contributed by atoms with E-state index in [9.17, 15) is 14.7 Å². The minimum atomic E-state index is -0.549. The zero-order valence-corrected chi connectivity index (χ0v) is 20.4. The number of carbonyl (C=O) groups excluding carboxylic acids is 2. The van der Waals surface area contributed by atoms with E-state index in [0.717, 1.165) is 24.8 Å². The Labute approximate surface area is 191 Å². The van der Waals surface area contributed by atoms with Crippen LogP contribution in [0.25, 0.3) is 0 Å². The van der Waals surface area contributed by atoms with Gasteiger partial charge in [0.25, 0.3) is 0 Å². The molecule has 3 aliphatic rings. The Morgan fingerprint density at radius 2 is 1.88 bits per heavy atom. The van der Waals surface area contributed by atoms with Crippen LogP contribution in [-0.4, -0.2) is 58.2 Å². The van der Waals surface area contributed by atoms with Crippen LogP contribution in [0.5, 0.6) is 5.75 Å². The summed E-state index contributed by atoms with van der Waals surface area (Å²) in [5, 5.41) is 10.6. The van der Waals surface area contributed by atoms with Crippen LogP contribution in [-0.2, 0) is 21.4 Å². The maximum Gasteiger partial charge on any atom is 0.410 e. The monoisotopic (exact) mass is 442 g/mol. The number of amides is 2. The minimum absolute atomic E-state index is 0.0199. The second kappa shape index (κ2) is 7.67. The van der Waals surface area contributed by atoms with Gasteiger partial charge in [-0.15, -0.1) is 0 Å². The lowest BCUT2D eigenvalue weighted by Gasteiger charge is -2.61. The van der Waals surface area contributed by atoms with Crippen LogP contribution in [0, 0.1) is 11.3 Å². The van der Waals surface area contributed by atoms with Gasteiger partial charge < -0.3 is 19.6 Å². The van der Waals surface area contributed by atoms with Crippen molar-refractivity contribution in [3.05, 3.63) is 29.3 Å². The highest BCUT2D eigenvalue weighted by molar-refractivity contribution is 5.81. The first-order chi connectivity index (χ1) is 14.8. The molecule has 1 aliphatic carbocycles. The van der Waals surface area contributed by atoms with Gasteiger partial charge in [-0.1, -0.05) is 32.9 Å². The van der Waals surface area contributed by atoms with Crippen LogP contribution in [0.3, 0.4) is 0 Å². The molecule has 0 radical (unpaired) electrons. The van der Waals surface area contributed by atoms with E-state index >= 15 is 0 Å². The average Bonchev–Trinajstić information content (AvgIpc) is 2.70. The molecule has 176 valence electrons. The zero-order valence-electron chi connectivity index (χ0n) is 20.4. The smallest absolute Gasteiger partial charge is 0.410 e. The normalized spacial score (nSPS) is 29.3. The lowest BCUT2D eigenvalue weighted by Crippen LogP contribution is -2.66. The maximum absolute atomic E-state index is 13.8. The molecular formula is C26H38N2O4. The van der Waals surface area contributed by atoms with Crippen LogP contribution >= 0.6 is 0 Å². The number of nitrogens with zero attached hydrogens (tertiary/aromatic N) is 2. The largest absolute Gasteiger partial charge is 0.508 e. The highest BCUT2D eigenvalue weighted by Crippen LogP contribution is 2.57. The Bertz CT molecular complexity index is 919. The molecule has 1 aromatic rings. The van der Waals surface area contributed by atoms with Crippen molar-refractivity contribution >= 4 is 12.0 Å². The minimum Gasteiger partial charge on any atom is -0.508 e. The number of ether oxygens (including phenoxy) is 1. The van der Waals surface area contributed by atoms with Crippen molar-refractivity contribution in [1.82, 2.24) is 9.80 Å². The first-order valence-electron chi connectivity index (χ1n) is 11.9. The standard InChI is InChI=1S/C26H38N2O4/c1-24(2,3)32-23(31)27-13-8-9-17(16-27)22(30)28-14-12-26(6)19-10-7-11-20(29)18(19)15-21(28)25(26,4)5/h7,10-11,17,21,29H,8-9,12-16H2,1-6H3/t17?,21-,26-/m0/s1. The molecule has 0 spiro atoms. The summed E-state index contributed by atoms with van der Waals surface area (Å²) in [6.07, 6.45) is 2.79. The highest BCUT2D eigenvalue weighted by Gasteiger charge is 2.57. The second-order valence-corrected chi connectivity index (χ2v) is 11.6. The molecule has 2 amide bonds. The third kappa shape index (κ3) is 3.65. The van der Waals surface area contributed by atoms with E-state index in [1.165, 1.54) is 5.56 Å². The summed E-state index contributed by atoms with van der Waals surface area (Å²) < 4.78 is 5.55. The van der Waals surface area contributed by atoms with Crippen LogP contribution in [0.15, 0.2) is 18.2 Å². The summed E-state index contributed by atoms with van der Waals surface area (Å²) in [6, 6.07) is 5.85. The summed E-state index contributed by atoms with van der Waals surface area (Å²) in [5.74, 6) is 0.261. The third-order valence-corrected chi connectivity index (χ3v) is 8.33. The topological polar surface area (TPSA) is 70.1 Å². The Balaban J connectivity index is 1.57. The molecule has 2 heterocycles. The van der Waals surface area contributed by atoms with E-state index < -0.39 is 5.60 Å². The molecule has 2 fully saturated rings. The van der Waals surface area contributed by atoms with Gasteiger partial charge in [0.05, 0.1) is 5.92 Å². The molecule has 6 nitrogen and oxygen atoms in total. The Kier molecular flexibility index (Phi) is 5.50. The number of piperidine rings is 2. The maximum atomic E-state index is 13.8. The number of carbonyl (C=O) groups is 2. The van der Waals surface area contributed by atoms with Crippen molar-refractivity contribution in [3.8, 4) is 5.75 Å². The van der Waals surface area contributed by atoms with E-state index in [0.29, 0.717) is 31.8 Å². The van der Waals surface area contributed by atoms with E-state index in [2.05, 4.69) is 31.7 Å². The predicted molar refractivity (Wildman–Crippen MR) is 124 cm³/mol. The number of phenolic OH excluding ortho intramolecular Hbond substituents is 1. The van der Waals surface area contributed by atoms with Crippen molar-refractivity contribution in [1.29, 1.82) is 0 Å².